The normalized spacial score (nSPS) is 10.5. The molecule has 0 radical (unpaired) electrons. The molecule has 3 aromatic rings. The van der Waals surface area contributed by atoms with Gasteiger partial charge in [0.1, 0.15) is 11.6 Å². The molecule has 1 heterocycles. The van der Waals surface area contributed by atoms with E-state index >= 15 is 0 Å². The molecule has 0 aliphatic rings. The number of halogens is 2. The summed E-state index contributed by atoms with van der Waals surface area (Å²) in [6, 6.07) is 10.9. The minimum atomic E-state index is -0.534. The number of hydrogen-bond acceptors (Lipinski definition) is 2. The number of amides is 2. The van der Waals surface area contributed by atoms with Crippen LogP contribution >= 0.6 is 11.6 Å². The van der Waals surface area contributed by atoms with Gasteiger partial charge in [0.05, 0.1) is 5.02 Å². The fourth-order valence-electron chi connectivity index (χ4n) is 2.22. The minimum absolute atomic E-state index is 0.0483. The van der Waals surface area contributed by atoms with Crippen LogP contribution in [0.15, 0.2) is 54.9 Å². The lowest BCUT2D eigenvalue weighted by Crippen LogP contribution is -2.19. The molecule has 0 atom stereocenters. The number of benzene rings is 2. The van der Waals surface area contributed by atoms with Crippen LogP contribution in [0.25, 0.3) is 5.69 Å². The number of nitrogens with one attached hydrogen (secondary N) is 2. The average molecular weight is 345 g/mol. The summed E-state index contributed by atoms with van der Waals surface area (Å²) < 4.78 is 15.0. The predicted octanol–water partition coefficient (Wildman–Crippen LogP) is 4.62. The quantitative estimate of drug-likeness (QED) is 0.728. The van der Waals surface area contributed by atoms with Gasteiger partial charge in [-0.1, -0.05) is 11.6 Å². The molecular formula is C17H14ClFN4O. The zero-order valence-corrected chi connectivity index (χ0v) is 13.5. The molecule has 0 saturated carbocycles. The van der Waals surface area contributed by atoms with Crippen molar-refractivity contribution in [2.75, 3.05) is 10.6 Å². The Morgan fingerprint density at radius 3 is 2.42 bits per heavy atom. The lowest BCUT2D eigenvalue weighted by atomic mass is 10.2. The van der Waals surface area contributed by atoms with Crippen LogP contribution in [-0.4, -0.2) is 15.6 Å². The maximum absolute atomic E-state index is 13.1. The number of rotatable bonds is 3. The average Bonchev–Trinajstić information content (AvgIpc) is 2.98. The topological polar surface area (TPSA) is 59.0 Å². The van der Waals surface area contributed by atoms with Gasteiger partial charge >= 0.3 is 6.03 Å². The first-order chi connectivity index (χ1) is 11.5. The van der Waals surface area contributed by atoms with E-state index in [4.69, 9.17) is 11.6 Å². The predicted molar refractivity (Wildman–Crippen MR) is 92.4 cm³/mol. The first-order valence-corrected chi connectivity index (χ1v) is 7.54. The first kappa shape index (κ1) is 16.0. The van der Waals surface area contributed by atoms with Crippen molar-refractivity contribution >= 4 is 29.0 Å². The van der Waals surface area contributed by atoms with E-state index < -0.39 is 11.8 Å². The molecule has 0 saturated heterocycles. The number of aromatic nitrogens is 2. The second-order valence-electron chi connectivity index (χ2n) is 5.10. The van der Waals surface area contributed by atoms with E-state index in [1.54, 1.807) is 18.3 Å². The van der Waals surface area contributed by atoms with Crippen molar-refractivity contribution in [1.29, 1.82) is 0 Å². The highest BCUT2D eigenvalue weighted by Crippen LogP contribution is 2.20. The maximum Gasteiger partial charge on any atom is 0.323 e. The Balaban J connectivity index is 1.66. The van der Waals surface area contributed by atoms with E-state index in [-0.39, 0.29) is 5.02 Å². The molecular weight excluding hydrogens is 331 g/mol. The van der Waals surface area contributed by atoms with Gasteiger partial charge in [-0.2, -0.15) is 0 Å². The third-order valence-corrected chi connectivity index (χ3v) is 3.70. The fourth-order valence-corrected chi connectivity index (χ4v) is 2.40. The van der Waals surface area contributed by atoms with Crippen molar-refractivity contribution in [3.63, 3.8) is 0 Å². The van der Waals surface area contributed by atoms with Crippen LogP contribution in [0.1, 0.15) is 5.82 Å². The van der Waals surface area contributed by atoms with E-state index in [0.29, 0.717) is 11.4 Å². The van der Waals surface area contributed by atoms with Crippen molar-refractivity contribution in [3.05, 3.63) is 71.5 Å². The molecule has 5 nitrogen and oxygen atoms in total. The lowest BCUT2D eigenvalue weighted by Gasteiger charge is -2.10. The maximum atomic E-state index is 13.1. The summed E-state index contributed by atoms with van der Waals surface area (Å²) in [4.78, 5) is 16.1. The van der Waals surface area contributed by atoms with E-state index in [9.17, 15) is 9.18 Å². The molecule has 2 N–H and O–H groups in total. The number of hydrogen-bond donors (Lipinski definition) is 2. The molecule has 2 amide bonds. The van der Waals surface area contributed by atoms with Crippen LogP contribution in [0.2, 0.25) is 5.02 Å². The zero-order chi connectivity index (χ0) is 17.1. The summed E-state index contributed by atoms with van der Waals surface area (Å²) in [5.74, 6) is 0.342. The van der Waals surface area contributed by atoms with Crippen molar-refractivity contribution < 1.29 is 9.18 Å². The molecule has 3 rings (SSSR count). The van der Waals surface area contributed by atoms with Crippen LogP contribution < -0.4 is 10.6 Å². The molecule has 2 aromatic carbocycles. The number of aryl methyl sites for hydroxylation is 1. The van der Waals surface area contributed by atoms with Gasteiger partial charge in [-0.15, -0.1) is 0 Å². The largest absolute Gasteiger partial charge is 0.323 e. The van der Waals surface area contributed by atoms with Crippen LogP contribution in [0.3, 0.4) is 0 Å². The van der Waals surface area contributed by atoms with Crippen LogP contribution in [0, 0.1) is 12.7 Å². The van der Waals surface area contributed by atoms with Gasteiger partial charge in [0, 0.05) is 29.5 Å². The monoisotopic (exact) mass is 344 g/mol. The van der Waals surface area contributed by atoms with Gasteiger partial charge in [0.25, 0.3) is 0 Å². The Labute approximate surface area is 143 Å². The SMILES string of the molecule is Cc1nccn1-c1ccc(NC(=O)Nc2ccc(F)c(Cl)c2)cc1. The minimum Gasteiger partial charge on any atom is -0.308 e. The molecule has 0 aliphatic heterocycles. The number of anilines is 2. The number of urea groups is 1. The Bertz CT molecular complexity index is 877. The number of carbonyl (C=O) groups is 1. The third-order valence-electron chi connectivity index (χ3n) is 3.41. The lowest BCUT2D eigenvalue weighted by molar-refractivity contribution is 0.262. The Hall–Kier alpha value is -2.86. The fraction of sp³-hybridized carbons (Fsp3) is 0.0588. The summed E-state index contributed by atoms with van der Waals surface area (Å²) >= 11 is 5.68. The smallest absolute Gasteiger partial charge is 0.308 e. The van der Waals surface area contributed by atoms with Crippen LogP contribution in [-0.2, 0) is 0 Å². The highest BCUT2D eigenvalue weighted by atomic mass is 35.5. The summed E-state index contributed by atoms with van der Waals surface area (Å²) in [7, 11) is 0. The van der Waals surface area contributed by atoms with Crippen LogP contribution in [0.5, 0.6) is 0 Å². The molecule has 0 bridgehead atoms. The highest BCUT2D eigenvalue weighted by molar-refractivity contribution is 6.31. The summed E-state index contributed by atoms with van der Waals surface area (Å²) in [6.45, 7) is 1.91. The Morgan fingerprint density at radius 2 is 1.79 bits per heavy atom. The summed E-state index contributed by atoms with van der Waals surface area (Å²) in [6.07, 6.45) is 3.59. The molecule has 0 aliphatic carbocycles. The van der Waals surface area contributed by atoms with E-state index in [1.807, 2.05) is 29.8 Å². The molecule has 0 unspecified atom stereocenters. The van der Waals surface area contributed by atoms with Gasteiger partial charge in [-0.25, -0.2) is 14.2 Å². The molecule has 1 aromatic heterocycles. The molecule has 0 fully saturated rings. The zero-order valence-electron chi connectivity index (χ0n) is 12.8. The highest BCUT2D eigenvalue weighted by Gasteiger charge is 2.06. The molecule has 24 heavy (non-hydrogen) atoms. The van der Waals surface area contributed by atoms with Crippen molar-refractivity contribution in [3.8, 4) is 5.69 Å². The van der Waals surface area contributed by atoms with Crippen molar-refractivity contribution in [1.82, 2.24) is 9.55 Å². The molecule has 7 heteroatoms. The number of nitrogens with zero attached hydrogens (tertiary/aromatic N) is 2. The molecule has 0 spiro atoms. The van der Waals surface area contributed by atoms with Gasteiger partial charge in [0.2, 0.25) is 0 Å². The van der Waals surface area contributed by atoms with Crippen molar-refractivity contribution in [2.24, 2.45) is 0 Å². The van der Waals surface area contributed by atoms with Crippen LogP contribution in [0.4, 0.5) is 20.6 Å². The standard InChI is InChI=1S/C17H14ClFN4O/c1-11-20-8-9-23(11)14-5-2-12(3-6-14)21-17(24)22-13-4-7-16(19)15(18)10-13/h2-10H,1H3,(H2,21,22,24). The third kappa shape index (κ3) is 3.55. The Morgan fingerprint density at radius 1 is 1.12 bits per heavy atom. The summed E-state index contributed by atoms with van der Waals surface area (Å²) in [5, 5.41) is 5.24. The van der Waals surface area contributed by atoms with Gasteiger partial charge in [0.15, 0.2) is 0 Å². The van der Waals surface area contributed by atoms with Gasteiger partial charge in [-0.05, 0) is 49.4 Å². The number of imidazole rings is 1. The van der Waals surface area contributed by atoms with Gasteiger partial charge < -0.3 is 15.2 Å². The molecule has 122 valence electrons. The van der Waals surface area contributed by atoms with E-state index in [2.05, 4.69) is 15.6 Å². The van der Waals surface area contributed by atoms with E-state index in [1.165, 1.54) is 18.2 Å². The van der Waals surface area contributed by atoms with E-state index in [0.717, 1.165) is 11.5 Å². The second-order valence-corrected chi connectivity index (χ2v) is 5.51. The number of carbonyl (C=O) groups excluding carboxylic acids is 1. The second kappa shape index (κ2) is 6.72. The first-order valence-electron chi connectivity index (χ1n) is 7.16. The Kier molecular flexibility index (Phi) is 4.48. The summed E-state index contributed by atoms with van der Waals surface area (Å²) in [5.41, 5.74) is 1.98. The van der Waals surface area contributed by atoms with Crippen molar-refractivity contribution in [2.45, 2.75) is 6.92 Å². The van der Waals surface area contributed by atoms with Gasteiger partial charge in [-0.3, -0.25) is 0 Å².